The lowest BCUT2D eigenvalue weighted by Crippen LogP contribution is -2.32. The van der Waals surface area contributed by atoms with Gasteiger partial charge in [0.05, 0.1) is 13.3 Å². The zero-order chi connectivity index (χ0) is 17.6. The van der Waals surface area contributed by atoms with Crippen LogP contribution in [0.3, 0.4) is 0 Å². The molecule has 3 aromatic rings. The molecule has 126 valence electrons. The second-order valence-electron chi connectivity index (χ2n) is 5.17. The molecule has 3 rings (SSSR count). The van der Waals surface area contributed by atoms with Crippen LogP contribution in [0.25, 0.3) is 10.9 Å². The van der Waals surface area contributed by atoms with Gasteiger partial charge in [0.2, 0.25) is 0 Å². The Kier molecular flexibility index (Phi) is 4.75. The highest BCUT2D eigenvalue weighted by Crippen LogP contribution is 2.17. The van der Waals surface area contributed by atoms with Crippen molar-refractivity contribution in [2.45, 2.75) is 0 Å². The van der Waals surface area contributed by atoms with Gasteiger partial charge in [-0.25, -0.2) is 5.43 Å². The Morgan fingerprint density at radius 2 is 1.96 bits per heavy atom. The van der Waals surface area contributed by atoms with E-state index in [0.29, 0.717) is 11.4 Å². The number of carbonyl (C=O) groups is 2. The number of amides is 2. The summed E-state index contributed by atoms with van der Waals surface area (Å²) in [5.41, 5.74) is 4.44. The van der Waals surface area contributed by atoms with E-state index in [1.54, 1.807) is 30.5 Å². The summed E-state index contributed by atoms with van der Waals surface area (Å²) in [6, 6.07) is 14.4. The molecule has 1 heterocycles. The number of nitrogens with zero attached hydrogens (tertiary/aromatic N) is 1. The average molecular weight is 336 g/mol. The van der Waals surface area contributed by atoms with Crippen molar-refractivity contribution < 1.29 is 14.3 Å². The highest BCUT2D eigenvalue weighted by molar-refractivity contribution is 6.39. The van der Waals surface area contributed by atoms with Crippen molar-refractivity contribution in [3.8, 4) is 5.75 Å². The van der Waals surface area contributed by atoms with Crippen molar-refractivity contribution in [2.24, 2.45) is 5.10 Å². The van der Waals surface area contributed by atoms with Crippen LogP contribution >= 0.6 is 0 Å². The summed E-state index contributed by atoms with van der Waals surface area (Å²) in [7, 11) is 1.52. The SMILES string of the molecule is COc1cccc(NC(=O)C(=O)N/N=C/c2c[nH]c3ccccc23)c1. The number of aromatic amines is 1. The molecule has 0 bridgehead atoms. The number of carbonyl (C=O) groups excluding carboxylic acids is 2. The van der Waals surface area contributed by atoms with E-state index < -0.39 is 11.8 Å². The monoisotopic (exact) mass is 336 g/mol. The van der Waals surface area contributed by atoms with Gasteiger partial charge in [0.25, 0.3) is 0 Å². The highest BCUT2D eigenvalue weighted by atomic mass is 16.5. The predicted molar refractivity (Wildman–Crippen MR) is 95.7 cm³/mol. The first-order valence-corrected chi connectivity index (χ1v) is 7.52. The Bertz CT molecular complexity index is 946. The fraction of sp³-hybridized carbons (Fsp3) is 0.0556. The number of para-hydroxylation sites is 1. The maximum absolute atomic E-state index is 11.9. The molecule has 2 aromatic carbocycles. The number of aromatic nitrogens is 1. The molecule has 2 amide bonds. The Morgan fingerprint density at radius 1 is 1.12 bits per heavy atom. The molecule has 0 saturated carbocycles. The van der Waals surface area contributed by atoms with Gasteiger partial charge in [-0.15, -0.1) is 0 Å². The Labute approximate surface area is 143 Å². The minimum atomic E-state index is -0.862. The van der Waals surface area contributed by atoms with Crippen molar-refractivity contribution in [3.63, 3.8) is 0 Å². The number of rotatable bonds is 4. The number of hydrazone groups is 1. The standard InChI is InChI=1S/C18H16N4O3/c1-25-14-6-4-5-13(9-14)21-17(23)18(24)22-20-11-12-10-19-16-8-3-2-7-15(12)16/h2-11,19H,1H3,(H,21,23)(H,22,24)/b20-11+. The zero-order valence-corrected chi connectivity index (χ0v) is 13.4. The van der Waals surface area contributed by atoms with Gasteiger partial charge in [-0.05, 0) is 18.2 Å². The van der Waals surface area contributed by atoms with Gasteiger partial charge in [0.15, 0.2) is 0 Å². The molecule has 0 aliphatic rings. The fourth-order valence-corrected chi connectivity index (χ4v) is 2.30. The van der Waals surface area contributed by atoms with Gasteiger partial charge >= 0.3 is 11.8 Å². The van der Waals surface area contributed by atoms with Crippen LogP contribution in [0.5, 0.6) is 5.75 Å². The lowest BCUT2D eigenvalue weighted by molar-refractivity contribution is -0.136. The van der Waals surface area contributed by atoms with Crippen LogP contribution in [-0.2, 0) is 9.59 Å². The molecular formula is C18H16N4O3. The minimum Gasteiger partial charge on any atom is -0.497 e. The topological polar surface area (TPSA) is 95.6 Å². The summed E-state index contributed by atoms with van der Waals surface area (Å²) < 4.78 is 5.06. The van der Waals surface area contributed by atoms with Crippen LogP contribution in [0.15, 0.2) is 59.8 Å². The number of methoxy groups -OCH3 is 1. The molecule has 0 aliphatic carbocycles. The number of ether oxygens (including phenoxy) is 1. The lowest BCUT2D eigenvalue weighted by atomic mass is 10.2. The molecular weight excluding hydrogens is 320 g/mol. The van der Waals surface area contributed by atoms with E-state index in [-0.39, 0.29) is 0 Å². The van der Waals surface area contributed by atoms with E-state index in [9.17, 15) is 9.59 Å². The molecule has 0 spiro atoms. The molecule has 3 N–H and O–H groups in total. The normalized spacial score (nSPS) is 10.8. The van der Waals surface area contributed by atoms with Crippen LogP contribution in [0.4, 0.5) is 5.69 Å². The van der Waals surface area contributed by atoms with Gasteiger partial charge in [-0.1, -0.05) is 24.3 Å². The van der Waals surface area contributed by atoms with E-state index in [4.69, 9.17) is 4.74 Å². The van der Waals surface area contributed by atoms with Gasteiger partial charge in [-0.3, -0.25) is 9.59 Å². The smallest absolute Gasteiger partial charge is 0.329 e. The largest absolute Gasteiger partial charge is 0.497 e. The molecule has 0 saturated heterocycles. The molecule has 1 aromatic heterocycles. The molecule has 0 atom stereocenters. The third-order valence-corrected chi connectivity index (χ3v) is 3.52. The first-order chi connectivity index (χ1) is 12.2. The van der Waals surface area contributed by atoms with E-state index in [2.05, 4.69) is 20.8 Å². The van der Waals surface area contributed by atoms with E-state index in [1.165, 1.54) is 13.3 Å². The average Bonchev–Trinajstić information content (AvgIpc) is 3.05. The number of hydrogen-bond acceptors (Lipinski definition) is 4. The minimum absolute atomic E-state index is 0.458. The molecule has 0 fully saturated rings. The van der Waals surface area contributed by atoms with Crippen molar-refractivity contribution in [1.82, 2.24) is 10.4 Å². The third-order valence-electron chi connectivity index (χ3n) is 3.52. The van der Waals surface area contributed by atoms with E-state index in [0.717, 1.165) is 16.5 Å². The van der Waals surface area contributed by atoms with Gasteiger partial charge in [0.1, 0.15) is 5.75 Å². The Balaban J connectivity index is 1.60. The third kappa shape index (κ3) is 3.84. The Morgan fingerprint density at radius 3 is 2.80 bits per heavy atom. The van der Waals surface area contributed by atoms with Crippen molar-refractivity contribution >= 4 is 34.6 Å². The first-order valence-electron chi connectivity index (χ1n) is 7.52. The van der Waals surface area contributed by atoms with Crippen molar-refractivity contribution in [2.75, 3.05) is 12.4 Å². The van der Waals surface area contributed by atoms with E-state index in [1.807, 2.05) is 24.3 Å². The fourth-order valence-electron chi connectivity index (χ4n) is 2.30. The number of hydrogen-bond donors (Lipinski definition) is 3. The summed E-state index contributed by atoms with van der Waals surface area (Å²) >= 11 is 0. The molecule has 0 unspecified atom stereocenters. The summed E-state index contributed by atoms with van der Waals surface area (Å²) in [5, 5.41) is 7.28. The Hall–Kier alpha value is -3.61. The maximum atomic E-state index is 11.9. The molecule has 7 heteroatoms. The van der Waals surface area contributed by atoms with Gasteiger partial charge in [0, 0.05) is 34.4 Å². The number of benzene rings is 2. The predicted octanol–water partition coefficient (Wildman–Crippen LogP) is 2.27. The van der Waals surface area contributed by atoms with Crippen molar-refractivity contribution in [3.05, 3.63) is 60.3 Å². The van der Waals surface area contributed by atoms with Crippen LogP contribution in [-0.4, -0.2) is 30.1 Å². The zero-order valence-electron chi connectivity index (χ0n) is 13.4. The quantitative estimate of drug-likeness (QED) is 0.387. The summed E-state index contributed by atoms with van der Waals surface area (Å²) in [6.45, 7) is 0. The first kappa shape index (κ1) is 16.3. The summed E-state index contributed by atoms with van der Waals surface area (Å²) in [5.74, 6) is -1.10. The number of H-pyrrole nitrogens is 1. The van der Waals surface area contributed by atoms with Crippen LogP contribution in [0, 0.1) is 0 Å². The lowest BCUT2D eigenvalue weighted by Gasteiger charge is -2.05. The summed E-state index contributed by atoms with van der Waals surface area (Å²) in [6.07, 6.45) is 3.26. The molecule has 0 radical (unpaired) electrons. The molecule has 7 nitrogen and oxygen atoms in total. The number of fused-ring (bicyclic) bond motifs is 1. The van der Waals surface area contributed by atoms with Gasteiger partial charge < -0.3 is 15.0 Å². The second kappa shape index (κ2) is 7.31. The number of anilines is 1. The van der Waals surface area contributed by atoms with Crippen LogP contribution in [0.2, 0.25) is 0 Å². The second-order valence-corrected chi connectivity index (χ2v) is 5.17. The van der Waals surface area contributed by atoms with Gasteiger partial charge in [-0.2, -0.15) is 5.10 Å². The van der Waals surface area contributed by atoms with E-state index >= 15 is 0 Å². The van der Waals surface area contributed by atoms with Crippen molar-refractivity contribution in [1.29, 1.82) is 0 Å². The highest BCUT2D eigenvalue weighted by Gasteiger charge is 2.13. The number of nitrogens with one attached hydrogen (secondary N) is 3. The summed E-state index contributed by atoms with van der Waals surface area (Å²) in [4.78, 5) is 26.8. The van der Waals surface area contributed by atoms with Crippen LogP contribution < -0.4 is 15.5 Å². The maximum Gasteiger partial charge on any atom is 0.329 e. The molecule has 0 aliphatic heterocycles. The van der Waals surface area contributed by atoms with Crippen LogP contribution in [0.1, 0.15) is 5.56 Å². The molecule has 25 heavy (non-hydrogen) atoms.